The number of ketones is 1. The Balaban J connectivity index is 1.69. The third-order valence-electron chi connectivity index (χ3n) is 6.17. The van der Waals surface area contributed by atoms with Crippen LogP contribution in [0.1, 0.15) is 35.2 Å². The minimum Gasteiger partial charge on any atom is -0.507 e. The number of hydrogen-bond acceptors (Lipinski definition) is 5. The maximum absolute atomic E-state index is 13.4. The molecule has 1 amide bonds. The van der Waals surface area contributed by atoms with Crippen molar-refractivity contribution in [3.05, 3.63) is 94.6 Å². The molecule has 34 heavy (non-hydrogen) atoms. The fourth-order valence-corrected chi connectivity index (χ4v) is 4.63. The van der Waals surface area contributed by atoms with E-state index in [1.165, 1.54) is 4.90 Å². The van der Waals surface area contributed by atoms with Gasteiger partial charge in [0.05, 0.1) is 24.8 Å². The lowest BCUT2D eigenvalue weighted by atomic mass is 9.93. The van der Waals surface area contributed by atoms with E-state index in [1.807, 2.05) is 44.2 Å². The summed E-state index contributed by atoms with van der Waals surface area (Å²) in [4.78, 5) is 28.1. The monoisotopic (exact) mass is 455 g/mol. The molecule has 172 valence electrons. The molecule has 2 aliphatic rings. The van der Waals surface area contributed by atoms with Gasteiger partial charge in [0.1, 0.15) is 17.3 Å². The van der Waals surface area contributed by atoms with Gasteiger partial charge in [-0.25, -0.2) is 0 Å². The summed E-state index contributed by atoms with van der Waals surface area (Å²) in [6.07, 6.45) is 0.732. The van der Waals surface area contributed by atoms with Gasteiger partial charge in [0.15, 0.2) is 0 Å². The van der Waals surface area contributed by atoms with Crippen LogP contribution in [-0.2, 0) is 16.0 Å². The zero-order valence-corrected chi connectivity index (χ0v) is 19.1. The summed E-state index contributed by atoms with van der Waals surface area (Å²) >= 11 is 0. The van der Waals surface area contributed by atoms with Crippen molar-refractivity contribution in [1.29, 1.82) is 0 Å². The van der Waals surface area contributed by atoms with Gasteiger partial charge in [0.25, 0.3) is 11.7 Å². The molecule has 0 bridgehead atoms. The van der Waals surface area contributed by atoms with E-state index in [4.69, 9.17) is 9.47 Å². The quantitative estimate of drug-likeness (QED) is 0.335. The Bertz CT molecular complexity index is 1330. The lowest BCUT2D eigenvalue weighted by molar-refractivity contribution is -0.132. The normalized spacial score (nSPS) is 18.6. The fourth-order valence-electron chi connectivity index (χ4n) is 4.63. The molecule has 1 unspecified atom stereocenters. The summed E-state index contributed by atoms with van der Waals surface area (Å²) in [5.74, 6) is -0.222. The van der Waals surface area contributed by atoms with Gasteiger partial charge in [0, 0.05) is 23.7 Å². The number of rotatable bonds is 5. The van der Waals surface area contributed by atoms with Gasteiger partial charge < -0.3 is 14.6 Å². The number of aliphatic hydroxyl groups is 1. The predicted octanol–water partition coefficient (Wildman–Crippen LogP) is 4.95. The standard InChI is InChI=1S/C28H25NO5/c1-3-33-22-9-5-8-21(16-22)29-25(19-7-4-6-17(2)14-19)24(27(31)28(29)32)26(30)20-10-11-23-18(15-20)12-13-34-23/h4-11,14-16,25,30H,3,12-13H2,1-2H3/b26-24-. The zero-order valence-electron chi connectivity index (χ0n) is 19.1. The molecule has 0 aromatic heterocycles. The first kappa shape index (κ1) is 21.8. The third-order valence-corrected chi connectivity index (χ3v) is 6.17. The van der Waals surface area contributed by atoms with Gasteiger partial charge in [-0.3, -0.25) is 14.5 Å². The number of amides is 1. The smallest absolute Gasteiger partial charge is 0.300 e. The molecule has 0 saturated carbocycles. The number of hydrogen-bond donors (Lipinski definition) is 1. The van der Waals surface area contributed by atoms with Crippen LogP contribution in [0.15, 0.2) is 72.3 Å². The first-order chi connectivity index (χ1) is 16.5. The van der Waals surface area contributed by atoms with Crippen molar-refractivity contribution in [3.63, 3.8) is 0 Å². The number of nitrogens with zero attached hydrogens (tertiary/aromatic N) is 1. The molecule has 2 heterocycles. The van der Waals surface area contributed by atoms with E-state index in [-0.39, 0.29) is 11.3 Å². The molecule has 0 radical (unpaired) electrons. The molecule has 5 rings (SSSR count). The topological polar surface area (TPSA) is 76.1 Å². The highest BCUT2D eigenvalue weighted by Crippen LogP contribution is 2.43. The second-order valence-electron chi connectivity index (χ2n) is 8.43. The maximum atomic E-state index is 13.4. The SMILES string of the molecule is CCOc1cccc(N2C(=O)C(=O)/C(=C(\O)c3ccc4c(c3)CCO4)C2c2cccc(C)c2)c1. The molecular weight excluding hydrogens is 430 g/mol. The molecule has 1 saturated heterocycles. The van der Waals surface area contributed by atoms with Crippen molar-refractivity contribution in [2.75, 3.05) is 18.1 Å². The van der Waals surface area contributed by atoms with Crippen LogP contribution in [0.25, 0.3) is 5.76 Å². The molecule has 1 N–H and O–H groups in total. The molecule has 0 aliphatic carbocycles. The van der Waals surface area contributed by atoms with Crippen LogP contribution < -0.4 is 14.4 Å². The Hall–Kier alpha value is -4.06. The van der Waals surface area contributed by atoms with Crippen molar-refractivity contribution >= 4 is 23.1 Å². The molecular formula is C28H25NO5. The summed E-state index contributed by atoms with van der Waals surface area (Å²) in [7, 11) is 0. The summed E-state index contributed by atoms with van der Waals surface area (Å²) in [5, 5.41) is 11.4. The molecule has 6 heteroatoms. The van der Waals surface area contributed by atoms with E-state index < -0.39 is 17.7 Å². The fraction of sp³-hybridized carbons (Fsp3) is 0.214. The number of aliphatic hydroxyl groups excluding tert-OH is 1. The Morgan fingerprint density at radius 3 is 2.71 bits per heavy atom. The average Bonchev–Trinajstić information content (AvgIpc) is 3.41. The number of fused-ring (bicyclic) bond motifs is 1. The number of benzene rings is 3. The highest BCUT2D eigenvalue weighted by molar-refractivity contribution is 6.51. The van der Waals surface area contributed by atoms with Crippen molar-refractivity contribution in [3.8, 4) is 11.5 Å². The first-order valence-corrected chi connectivity index (χ1v) is 11.3. The van der Waals surface area contributed by atoms with Crippen LogP contribution in [0.4, 0.5) is 5.69 Å². The molecule has 3 aromatic rings. The molecule has 2 aliphatic heterocycles. The van der Waals surface area contributed by atoms with E-state index in [2.05, 4.69) is 0 Å². The van der Waals surface area contributed by atoms with E-state index in [0.29, 0.717) is 30.2 Å². The lowest BCUT2D eigenvalue weighted by Crippen LogP contribution is -2.29. The molecule has 0 spiro atoms. The minimum absolute atomic E-state index is 0.0660. The molecule has 1 atom stereocenters. The van der Waals surface area contributed by atoms with Crippen molar-refractivity contribution < 1.29 is 24.2 Å². The lowest BCUT2D eigenvalue weighted by Gasteiger charge is -2.26. The minimum atomic E-state index is -0.777. The van der Waals surface area contributed by atoms with Gasteiger partial charge in [-0.05, 0) is 55.3 Å². The Kier molecular flexibility index (Phi) is 5.57. The Morgan fingerprint density at radius 2 is 1.91 bits per heavy atom. The van der Waals surface area contributed by atoms with Gasteiger partial charge >= 0.3 is 0 Å². The number of anilines is 1. The highest BCUT2D eigenvalue weighted by Gasteiger charge is 2.47. The number of carbonyl (C=O) groups is 2. The predicted molar refractivity (Wildman–Crippen MR) is 129 cm³/mol. The third kappa shape index (κ3) is 3.71. The van der Waals surface area contributed by atoms with E-state index in [0.717, 1.165) is 28.9 Å². The van der Waals surface area contributed by atoms with Gasteiger partial charge in [-0.1, -0.05) is 35.9 Å². The van der Waals surface area contributed by atoms with E-state index in [1.54, 1.807) is 36.4 Å². The maximum Gasteiger partial charge on any atom is 0.300 e. The molecule has 6 nitrogen and oxygen atoms in total. The van der Waals surface area contributed by atoms with Crippen LogP contribution in [-0.4, -0.2) is 30.0 Å². The summed E-state index contributed by atoms with van der Waals surface area (Å²) < 4.78 is 11.2. The largest absolute Gasteiger partial charge is 0.507 e. The van der Waals surface area contributed by atoms with Crippen molar-refractivity contribution in [2.24, 2.45) is 0 Å². The number of aryl methyl sites for hydroxylation is 1. The summed E-state index contributed by atoms with van der Waals surface area (Å²) in [5.41, 5.74) is 3.78. The van der Waals surface area contributed by atoms with Gasteiger partial charge in [-0.2, -0.15) is 0 Å². The van der Waals surface area contributed by atoms with Crippen molar-refractivity contribution in [1.82, 2.24) is 0 Å². The van der Waals surface area contributed by atoms with Crippen LogP contribution in [0, 0.1) is 6.92 Å². The number of Topliss-reactive ketones (excluding diaryl/α,β-unsaturated/α-hetero) is 1. The van der Waals surface area contributed by atoms with Crippen molar-refractivity contribution in [2.45, 2.75) is 26.3 Å². The Labute approximate surface area is 198 Å². The van der Waals surface area contributed by atoms with Gasteiger partial charge in [0.2, 0.25) is 0 Å². The summed E-state index contributed by atoms with van der Waals surface area (Å²) in [6, 6.07) is 19.3. The highest BCUT2D eigenvalue weighted by atomic mass is 16.5. The van der Waals surface area contributed by atoms with E-state index in [9.17, 15) is 14.7 Å². The van der Waals surface area contributed by atoms with Crippen LogP contribution in [0.3, 0.4) is 0 Å². The summed E-state index contributed by atoms with van der Waals surface area (Å²) in [6.45, 7) is 4.90. The van der Waals surface area contributed by atoms with Gasteiger partial charge in [-0.15, -0.1) is 0 Å². The number of carbonyl (C=O) groups excluding carboxylic acids is 2. The average molecular weight is 456 g/mol. The molecule has 3 aromatic carbocycles. The Morgan fingerprint density at radius 1 is 1.09 bits per heavy atom. The second kappa shape index (κ2) is 8.71. The number of ether oxygens (including phenoxy) is 2. The van der Waals surface area contributed by atoms with Crippen LogP contribution in [0.5, 0.6) is 11.5 Å². The second-order valence-corrected chi connectivity index (χ2v) is 8.43. The zero-order chi connectivity index (χ0) is 23.8. The van der Waals surface area contributed by atoms with Crippen LogP contribution >= 0.6 is 0 Å². The van der Waals surface area contributed by atoms with Crippen LogP contribution in [0.2, 0.25) is 0 Å². The first-order valence-electron chi connectivity index (χ1n) is 11.3. The van der Waals surface area contributed by atoms with E-state index >= 15 is 0 Å². The molecule has 1 fully saturated rings.